The third-order valence-electron chi connectivity index (χ3n) is 3.70. The Bertz CT molecular complexity index is 667. The van der Waals surface area contributed by atoms with Crippen molar-refractivity contribution < 1.29 is 14.1 Å². The highest BCUT2D eigenvalue weighted by atomic mass is 16.5. The van der Waals surface area contributed by atoms with E-state index in [0.717, 1.165) is 6.42 Å². The minimum atomic E-state index is -0.648. The summed E-state index contributed by atoms with van der Waals surface area (Å²) in [5.41, 5.74) is 0.519. The Morgan fingerprint density at radius 2 is 1.96 bits per heavy atom. The summed E-state index contributed by atoms with van der Waals surface area (Å²) in [5, 5.41) is 9.22. The van der Waals surface area contributed by atoms with Gasteiger partial charge in [-0.1, -0.05) is 43.6 Å². The van der Waals surface area contributed by atoms with Crippen LogP contribution in [0.3, 0.4) is 0 Å². The van der Waals surface area contributed by atoms with E-state index in [9.17, 15) is 9.59 Å². The number of hydrogen-bond donors (Lipinski definition) is 2. The van der Waals surface area contributed by atoms with Crippen LogP contribution >= 0.6 is 0 Å². The van der Waals surface area contributed by atoms with Gasteiger partial charge in [-0.15, -0.1) is 0 Å². The van der Waals surface area contributed by atoms with Crippen LogP contribution < -0.4 is 10.6 Å². The number of rotatable bonds is 6. The summed E-state index contributed by atoms with van der Waals surface area (Å²) in [6, 6.07) is 9.80. The zero-order valence-corrected chi connectivity index (χ0v) is 13.5. The van der Waals surface area contributed by atoms with Crippen molar-refractivity contribution in [1.29, 1.82) is 0 Å². The minimum Gasteiger partial charge on any atom is -0.360 e. The van der Waals surface area contributed by atoms with Gasteiger partial charge in [0.25, 0.3) is 5.91 Å². The van der Waals surface area contributed by atoms with Crippen LogP contribution in [-0.2, 0) is 4.79 Å². The van der Waals surface area contributed by atoms with Crippen molar-refractivity contribution in [3.05, 3.63) is 47.7 Å². The summed E-state index contributed by atoms with van der Waals surface area (Å²) >= 11 is 0. The van der Waals surface area contributed by atoms with E-state index >= 15 is 0 Å². The molecule has 1 aromatic carbocycles. The average molecular weight is 315 g/mol. The van der Waals surface area contributed by atoms with Crippen molar-refractivity contribution in [3.8, 4) is 0 Å². The first kappa shape index (κ1) is 16.7. The number of hydrogen-bond acceptors (Lipinski definition) is 4. The molecule has 0 saturated heterocycles. The number of benzene rings is 1. The molecular weight excluding hydrogens is 294 g/mol. The molecule has 0 aliphatic carbocycles. The Morgan fingerprint density at radius 3 is 2.52 bits per heavy atom. The molecule has 6 nitrogen and oxygen atoms in total. The first-order valence-corrected chi connectivity index (χ1v) is 7.61. The zero-order valence-electron chi connectivity index (χ0n) is 13.5. The third-order valence-corrected chi connectivity index (χ3v) is 3.70. The lowest BCUT2D eigenvalue weighted by Gasteiger charge is -2.23. The van der Waals surface area contributed by atoms with E-state index in [2.05, 4.69) is 15.8 Å². The van der Waals surface area contributed by atoms with Crippen LogP contribution in [0.25, 0.3) is 0 Å². The SMILES string of the molecule is CCC(C)[C@H](NC(=O)c1ccccc1)C(=O)Nc1cc(C)on1. The predicted octanol–water partition coefficient (Wildman–Crippen LogP) is 2.77. The van der Waals surface area contributed by atoms with E-state index in [1.54, 1.807) is 37.3 Å². The van der Waals surface area contributed by atoms with Crippen molar-refractivity contribution in [3.63, 3.8) is 0 Å². The molecule has 2 rings (SSSR count). The molecule has 0 bridgehead atoms. The van der Waals surface area contributed by atoms with Gasteiger partial charge in [-0.3, -0.25) is 9.59 Å². The van der Waals surface area contributed by atoms with Gasteiger partial charge in [-0.05, 0) is 25.0 Å². The Labute approximate surface area is 135 Å². The highest BCUT2D eigenvalue weighted by Crippen LogP contribution is 2.13. The second kappa shape index (κ2) is 7.58. The van der Waals surface area contributed by atoms with Gasteiger partial charge >= 0.3 is 0 Å². The van der Waals surface area contributed by atoms with E-state index in [0.29, 0.717) is 17.1 Å². The van der Waals surface area contributed by atoms with Crippen LogP contribution in [0.2, 0.25) is 0 Å². The molecule has 2 atom stereocenters. The molecule has 1 aromatic heterocycles. The monoisotopic (exact) mass is 315 g/mol. The molecule has 0 aliphatic rings. The van der Waals surface area contributed by atoms with Gasteiger partial charge < -0.3 is 15.2 Å². The zero-order chi connectivity index (χ0) is 16.8. The fourth-order valence-corrected chi connectivity index (χ4v) is 2.15. The summed E-state index contributed by atoms with van der Waals surface area (Å²) in [5.74, 6) is 0.346. The molecule has 0 spiro atoms. The number of aromatic nitrogens is 1. The van der Waals surface area contributed by atoms with Crippen molar-refractivity contribution in [2.45, 2.75) is 33.2 Å². The topological polar surface area (TPSA) is 84.2 Å². The second-order valence-corrected chi connectivity index (χ2v) is 5.51. The lowest BCUT2D eigenvalue weighted by Crippen LogP contribution is -2.47. The largest absolute Gasteiger partial charge is 0.360 e. The van der Waals surface area contributed by atoms with E-state index < -0.39 is 6.04 Å². The number of carbonyl (C=O) groups is 2. The van der Waals surface area contributed by atoms with Crippen molar-refractivity contribution >= 4 is 17.6 Å². The van der Waals surface area contributed by atoms with E-state index in [1.807, 2.05) is 19.9 Å². The van der Waals surface area contributed by atoms with Crippen LogP contribution in [0, 0.1) is 12.8 Å². The number of nitrogens with one attached hydrogen (secondary N) is 2. The molecule has 6 heteroatoms. The molecular formula is C17H21N3O3. The third kappa shape index (κ3) is 4.42. The average Bonchev–Trinajstić information content (AvgIpc) is 2.97. The summed E-state index contributed by atoms with van der Waals surface area (Å²) < 4.78 is 4.93. The summed E-state index contributed by atoms with van der Waals surface area (Å²) in [4.78, 5) is 24.8. The van der Waals surface area contributed by atoms with Gasteiger partial charge in [0.2, 0.25) is 5.91 Å². The fraction of sp³-hybridized carbons (Fsp3) is 0.353. The van der Waals surface area contributed by atoms with E-state index in [1.165, 1.54) is 0 Å². The summed E-state index contributed by atoms with van der Waals surface area (Å²) in [6.45, 7) is 5.63. The first-order valence-electron chi connectivity index (χ1n) is 7.61. The highest BCUT2D eigenvalue weighted by molar-refractivity contribution is 6.00. The van der Waals surface area contributed by atoms with Crippen LogP contribution in [-0.4, -0.2) is 23.0 Å². The molecule has 0 fully saturated rings. The molecule has 1 unspecified atom stereocenters. The predicted molar refractivity (Wildman–Crippen MR) is 87.0 cm³/mol. The Hall–Kier alpha value is -2.63. The standard InChI is InChI=1S/C17H21N3O3/c1-4-11(2)15(17(22)18-14-10-12(3)23-20-14)19-16(21)13-8-6-5-7-9-13/h5-11,15H,4H2,1-3H3,(H,19,21)(H,18,20,22)/t11?,15-/m0/s1. The van der Waals surface area contributed by atoms with Crippen molar-refractivity contribution in [2.24, 2.45) is 5.92 Å². The number of anilines is 1. The number of amides is 2. The maximum atomic E-state index is 12.5. The Balaban J connectivity index is 2.10. The van der Waals surface area contributed by atoms with Gasteiger partial charge in [-0.25, -0.2) is 0 Å². The first-order chi connectivity index (χ1) is 11.0. The molecule has 0 saturated carbocycles. The normalized spacial score (nSPS) is 13.2. The smallest absolute Gasteiger partial charge is 0.251 e. The number of aryl methyl sites for hydroxylation is 1. The van der Waals surface area contributed by atoms with E-state index in [-0.39, 0.29) is 17.7 Å². The number of carbonyl (C=O) groups excluding carboxylic acids is 2. The quantitative estimate of drug-likeness (QED) is 0.858. The molecule has 0 radical (unpaired) electrons. The number of nitrogens with zero attached hydrogens (tertiary/aromatic N) is 1. The van der Waals surface area contributed by atoms with Crippen LogP contribution in [0.1, 0.15) is 36.4 Å². The lowest BCUT2D eigenvalue weighted by molar-refractivity contribution is -0.119. The molecule has 2 N–H and O–H groups in total. The Morgan fingerprint density at radius 1 is 1.26 bits per heavy atom. The molecule has 23 heavy (non-hydrogen) atoms. The van der Waals surface area contributed by atoms with Gasteiger partial charge in [0, 0.05) is 11.6 Å². The molecule has 2 aromatic rings. The maximum absolute atomic E-state index is 12.5. The van der Waals surface area contributed by atoms with Crippen molar-refractivity contribution in [1.82, 2.24) is 10.5 Å². The Kier molecular flexibility index (Phi) is 5.51. The van der Waals surface area contributed by atoms with Gasteiger partial charge in [0.05, 0.1) is 0 Å². The molecule has 122 valence electrons. The summed E-state index contributed by atoms with van der Waals surface area (Å²) in [6.07, 6.45) is 0.755. The van der Waals surface area contributed by atoms with Crippen molar-refractivity contribution in [2.75, 3.05) is 5.32 Å². The minimum absolute atomic E-state index is 0.0179. The summed E-state index contributed by atoms with van der Waals surface area (Å²) in [7, 11) is 0. The van der Waals surface area contributed by atoms with Crippen LogP contribution in [0.5, 0.6) is 0 Å². The van der Waals surface area contributed by atoms with Crippen LogP contribution in [0.15, 0.2) is 40.9 Å². The highest BCUT2D eigenvalue weighted by Gasteiger charge is 2.27. The lowest BCUT2D eigenvalue weighted by atomic mass is 9.98. The van der Waals surface area contributed by atoms with Gasteiger partial charge in [0.15, 0.2) is 5.82 Å². The molecule has 2 amide bonds. The molecule has 0 aliphatic heterocycles. The van der Waals surface area contributed by atoms with Crippen LogP contribution in [0.4, 0.5) is 5.82 Å². The second-order valence-electron chi connectivity index (χ2n) is 5.51. The fourth-order valence-electron chi connectivity index (χ4n) is 2.15. The molecule has 1 heterocycles. The maximum Gasteiger partial charge on any atom is 0.251 e. The van der Waals surface area contributed by atoms with Gasteiger partial charge in [-0.2, -0.15) is 0 Å². The van der Waals surface area contributed by atoms with Gasteiger partial charge in [0.1, 0.15) is 11.8 Å². The van der Waals surface area contributed by atoms with E-state index in [4.69, 9.17) is 4.52 Å².